The summed E-state index contributed by atoms with van der Waals surface area (Å²) >= 11 is 0. The van der Waals surface area contributed by atoms with Gasteiger partial charge in [0.1, 0.15) is 12.1 Å². The molecule has 2 heterocycles. The van der Waals surface area contributed by atoms with Gasteiger partial charge in [0.2, 0.25) is 17.7 Å². The number of nitrogens with two attached hydrogens (primary N) is 1. The van der Waals surface area contributed by atoms with Crippen LogP contribution in [-0.4, -0.2) is 76.5 Å². The van der Waals surface area contributed by atoms with E-state index in [-0.39, 0.29) is 24.8 Å². The highest BCUT2D eigenvalue weighted by Crippen LogP contribution is 2.06. The quantitative estimate of drug-likeness (QED) is 0.172. The Balaban J connectivity index is 1.89. The van der Waals surface area contributed by atoms with Crippen LogP contribution in [0.25, 0.3) is 0 Å². The molecule has 1 aromatic heterocycles. The van der Waals surface area contributed by atoms with Crippen molar-refractivity contribution in [2.75, 3.05) is 19.6 Å². The highest BCUT2D eigenvalue weighted by atomic mass is 16.4. The maximum Gasteiger partial charge on any atom is 0.326 e. The molecule has 0 radical (unpaired) electrons. The second kappa shape index (κ2) is 12.6. The molecule has 1 saturated heterocycles. The van der Waals surface area contributed by atoms with Crippen molar-refractivity contribution in [2.45, 2.75) is 56.7 Å². The molecule has 12 nitrogen and oxygen atoms in total. The van der Waals surface area contributed by atoms with Gasteiger partial charge < -0.3 is 37.1 Å². The number of aromatic amines is 1. The van der Waals surface area contributed by atoms with E-state index in [0.29, 0.717) is 31.5 Å². The highest BCUT2D eigenvalue weighted by Gasteiger charge is 2.28. The summed E-state index contributed by atoms with van der Waals surface area (Å²) in [6.07, 6.45) is 6.22. The number of rotatable bonds is 13. The van der Waals surface area contributed by atoms with Gasteiger partial charge in [-0.15, -0.1) is 0 Å². The summed E-state index contributed by atoms with van der Waals surface area (Å²) < 4.78 is 0. The number of amides is 3. The van der Waals surface area contributed by atoms with E-state index in [2.05, 4.69) is 31.2 Å². The Bertz CT molecular complexity index is 734. The molecular formula is C19H31N7O5. The molecule has 12 heteroatoms. The van der Waals surface area contributed by atoms with E-state index in [1.54, 1.807) is 6.20 Å². The number of nitrogens with zero attached hydrogens (tertiary/aromatic N) is 1. The lowest BCUT2D eigenvalue weighted by atomic mass is 10.1. The Morgan fingerprint density at radius 1 is 1.23 bits per heavy atom. The van der Waals surface area contributed by atoms with Crippen LogP contribution in [0.15, 0.2) is 12.5 Å². The van der Waals surface area contributed by atoms with Gasteiger partial charge in [-0.3, -0.25) is 14.4 Å². The van der Waals surface area contributed by atoms with Gasteiger partial charge >= 0.3 is 5.97 Å². The maximum absolute atomic E-state index is 12.7. The number of hydrogen-bond donors (Lipinski definition) is 7. The third-order valence-electron chi connectivity index (χ3n) is 4.99. The average molecular weight is 438 g/mol. The number of carboxylic acid groups (broad SMARTS) is 1. The molecule has 0 spiro atoms. The van der Waals surface area contributed by atoms with Crippen LogP contribution >= 0.6 is 0 Å². The van der Waals surface area contributed by atoms with Crippen molar-refractivity contribution in [2.24, 2.45) is 5.73 Å². The average Bonchev–Trinajstić information content (AvgIpc) is 3.45. The molecule has 1 fully saturated rings. The second-order valence-electron chi connectivity index (χ2n) is 7.45. The zero-order valence-corrected chi connectivity index (χ0v) is 17.4. The van der Waals surface area contributed by atoms with Gasteiger partial charge in [-0.25, -0.2) is 9.78 Å². The van der Waals surface area contributed by atoms with E-state index in [1.807, 2.05) is 0 Å². The molecule has 3 atom stereocenters. The molecule has 1 aromatic rings. The Hall–Kier alpha value is -2.99. The van der Waals surface area contributed by atoms with Crippen molar-refractivity contribution < 1.29 is 24.3 Å². The molecule has 31 heavy (non-hydrogen) atoms. The summed E-state index contributed by atoms with van der Waals surface area (Å²) in [6, 6.07) is -2.32. The number of H-pyrrole nitrogens is 1. The Morgan fingerprint density at radius 2 is 2.03 bits per heavy atom. The first-order valence-corrected chi connectivity index (χ1v) is 10.4. The fourth-order valence-corrected chi connectivity index (χ4v) is 3.29. The zero-order valence-electron chi connectivity index (χ0n) is 17.4. The van der Waals surface area contributed by atoms with E-state index < -0.39 is 36.4 Å². The first-order valence-electron chi connectivity index (χ1n) is 10.4. The number of carbonyl (C=O) groups excluding carboxylic acids is 3. The maximum atomic E-state index is 12.7. The zero-order chi connectivity index (χ0) is 22.6. The minimum atomic E-state index is -1.15. The Morgan fingerprint density at radius 3 is 2.65 bits per heavy atom. The van der Waals surface area contributed by atoms with Crippen molar-refractivity contribution >= 4 is 23.7 Å². The van der Waals surface area contributed by atoms with E-state index in [1.165, 1.54) is 6.33 Å². The van der Waals surface area contributed by atoms with E-state index in [4.69, 9.17) is 5.73 Å². The van der Waals surface area contributed by atoms with Crippen molar-refractivity contribution in [1.29, 1.82) is 0 Å². The third kappa shape index (κ3) is 8.34. The van der Waals surface area contributed by atoms with E-state index in [0.717, 1.165) is 13.0 Å². The predicted molar refractivity (Wildman–Crippen MR) is 111 cm³/mol. The van der Waals surface area contributed by atoms with Crippen LogP contribution in [0.3, 0.4) is 0 Å². The van der Waals surface area contributed by atoms with Gasteiger partial charge in [0.25, 0.3) is 0 Å². The smallest absolute Gasteiger partial charge is 0.326 e. The fraction of sp³-hybridized carbons (Fsp3) is 0.632. The normalized spacial score (nSPS) is 17.5. The van der Waals surface area contributed by atoms with Crippen molar-refractivity contribution in [1.82, 2.24) is 31.2 Å². The molecule has 3 unspecified atom stereocenters. The van der Waals surface area contributed by atoms with Gasteiger partial charge in [-0.2, -0.15) is 0 Å². The summed E-state index contributed by atoms with van der Waals surface area (Å²) in [5.74, 6) is -2.61. The Labute approximate surface area is 180 Å². The van der Waals surface area contributed by atoms with E-state index in [9.17, 15) is 24.3 Å². The molecule has 8 N–H and O–H groups in total. The van der Waals surface area contributed by atoms with Crippen LogP contribution in [0.4, 0.5) is 0 Å². The largest absolute Gasteiger partial charge is 0.480 e. The van der Waals surface area contributed by atoms with Gasteiger partial charge in [-0.05, 0) is 45.2 Å². The molecule has 3 amide bonds. The number of aromatic nitrogens is 2. The molecule has 1 aliphatic heterocycles. The Kier molecular flexibility index (Phi) is 9.91. The molecule has 172 valence electrons. The van der Waals surface area contributed by atoms with Crippen LogP contribution in [0.5, 0.6) is 0 Å². The van der Waals surface area contributed by atoms with Crippen LogP contribution in [0, 0.1) is 0 Å². The minimum absolute atomic E-state index is 0.169. The standard InChI is InChI=1S/C19H31N7O5/c20-6-2-1-4-14(19(30)31)25-16(27)10-23-17(28)15(8-12-9-21-11-24-12)26-18(29)13-5-3-7-22-13/h9,11,13-15,22H,1-8,10,20H2,(H,21,24)(H,23,28)(H,25,27)(H,26,29)(H,30,31). The highest BCUT2D eigenvalue weighted by molar-refractivity contribution is 5.92. The fourth-order valence-electron chi connectivity index (χ4n) is 3.29. The van der Waals surface area contributed by atoms with Gasteiger partial charge in [0.05, 0.1) is 18.9 Å². The summed E-state index contributed by atoms with van der Waals surface area (Å²) in [7, 11) is 0. The SMILES string of the molecule is NCCCCC(NC(=O)CNC(=O)C(Cc1cnc[nH]1)NC(=O)C1CCCN1)C(=O)O. The second-order valence-corrected chi connectivity index (χ2v) is 7.45. The minimum Gasteiger partial charge on any atom is -0.480 e. The third-order valence-corrected chi connectivity index (χ3v) is 4.99. The molecular weight excluding hydrogens is 406 g/mol. The van der Waals surface area contributed by atoms with E-state index >= 15 is 0 Å². The van der Waals surface area contributed by atoms with Gasteiger partial charge in [0.15, 0.2) is 0 Å². The summed E-state index contributed by atoms with van der Waals surface area (Å²) in [4.78, 5) is 55.3. The molecule has 2 rings (SSSR count). The number of hydrogen-bond acceptors (Lipinski definition) is 7. The molecule has 0 bridgehead atoms. The first kappa shape index (κ1) is 24.3. The number of carbonyl (C=O) groups is 4. The molecule has 0 aromatic carbocycles. The number of carboxylic acids is 1. The lowest BCUT2D eigenvalue weighted by molar-refractivity contribution is -0.142. The van der Waals surface area contributed by atoms with Crippen LogP contribution in [0.2, 0.25) is 0 Å². The van der Waals surface area contributed by atoms with Crippen LogP contribution in [-0.2, 0) is 25.6 Å². The van der Waals surface area contributed by atoms with Gasteiger partial charge in [-0.1, -0.05) is 0 Å². The van der Waals surface area contributed by atoms with Crippen molar-refractivity contribution in [3.63, 3.8) is 0 Å². The lowest BCUT2D eigenvalue weighted by Gasteiger charge is -2.20. The van der Waals surface area contributed by atoms with Crippen molar-refractivity contribution in [3.05, 3.63) is 18.2 Å². The molecule has 0 aliphatic carbocycles. The number of nitrogens with one attached hydrogen (secondary N) is 5. The first-order chi connectivity index (χ1) is 14.9. The van der Waals surface area contributed by atoms with Crippen LogP contribution in [0.1, 0.15) is 37.8 Å². The lowest BCUT2D eigenvalue weighted by Crippen LogP contribution is -2.54. The molecule has 1 aliphatic rings. The predicted octanol–water partition coefficient (Wildman–Crippen LogP) is -2.00. The number of imidazole rings is 1. The topological polar surface area (TPSA) is 191 Å². The van der Waals surface area contributed by atoms with Crippen molar-refractivity contribution in [3.8, 4) is 0 Å². The molecule has 0 saturated carbocycles. The summed E-state index contributed by atoms with van der Waals surface area (Å²) in [5.41, 5.74) is 6.05. The number of unbranched alkanes of at least 4 members (excludes halogenated alkanes) is 1. The monoisotopic (exact) mass is 437 g/mol. The summed E-state index contributed by atoms with van der Waals surface area (Å²) in [5, 5.41) is 19.9. The van der Waals surface area contributed by atoms with Gasteiger partial charge in [0, 0.05) is 18.3 Å². The number of aliphatic carboxylic acids is 1. The summed E-state index contributed by atoms with van der Waals surface area (Å²) in [6.45, 7) is 0.776. The van der Waals surface area contributed by atoms with Crippen LogP contribution < -0.4 is 27.0 Å².